The molecule has 1 rings (SSSR count). The molecule has 5 heteroatoms. The van der Waals surface area contributed by atoms with E-state index in [1.165, 1.54) is 11.7 Å². The van der Waals surface area contributed by atoms with Gasteiger partial charge < -0.3 is 4.90 Å². The number of halogens is 1. The fourth-order valence-electron chi connectivity index (χ4n) is 1.51. The fourth-order valence-corrected chi connectivity index (χ4v) is 2.29. The highest BCUT2D eigenvalue weighted by atomic mass is 35.5. The molecule has 0 bridgehead atoms. The third-order valence-corrected chi connectivity index (χ3v) is 3.56. The Morgan fingerprint density at radius 2 is 1.59 bits per heavy atom. The van der Waals surface area contributed by atoms with Crippen molar-refractivity contribution in [3.63, 3.8) is 0 Å². The van der Waals surface area contributed by atoms with Gasteiger partial charge in [-0.15, -0.1) is 0 Å². The quantitative estimate of drug-likeness (QED) is 0.750. The fraction of sp³-hybridized carbons (Fsp3) is 0.833. The lowest BCUT2D eigenvalue weighted by Crippen LogP contribution is -2.28. The second-order valence-corrected chi connectivity index (χ2v) is 6.12. The molecule has 0 unspecified atom stereocenters. The summed E-state index contributed by atoms with van der Waals surface area (Å²) in [5.74, 6) is 2.25. The Labute approximate surface area is 114 Å². The van der Waals surface area contributed by atoms with Crippen molar-refractivity contribution < 1.29 is 0 Å². The highest BCUT2D eigenvalue weighted by Gasteiger charge is 2.15. The van der Waals surface area contributed by atoms with E-state index in [9.17, 15) is 0 Å². The summed E-state index contributed by atoms with van der Waals surface area (Å²) in [5, 5.41) is 0.544. The van der Waals surface area contributed by atoms with Gasteiger partial charge in [-0.1, -0.05) is 39.3 Å². The summed E-state index contributed by atoms with van der Waals surface area (Å²) in [7, 11) is 0. The van der Waals surface area contributed by atoms with E-state index in [4.69, 9.17) is 11.6 Å². The zero-order valence-corrected chi connectivity index (χ0v) is 12.7. The van der Waals surface area contributed by atoms with Crippen LogP contribution in [0.2, 0.25) is 5.15 Å². The molecule has 0 saturated heterocycles. The van der Waals surface area contributed by atoms with Crippen LogP contribution in [0.25, 0.3) is 0 Å². The lowest BCUT2D eigenvalue weighted by Gasteiger charge is -2.24. The molecule has 1 heterocycles. The van der Waals surface area contributed by atoms with Crippen molar-refractivity contribution in [1.29, 1.82) is 0 Å². The van der Waals surface area contributed by atoms with Crippen LogP contribution in [-0.4, -0.2) is 21.8 Å². The Hall–Kier alpha value is -0.350. The van der Waals surface area contributed by atoms with Crippen LogP contribution in [0.5, 0.6) is 0 Å². The van der Waals surface area contributed by atoms with E-state index in [0.717, 1.165) is 31.7 Å². The van der Waals surface area contributed by atoms with Crippen LogP contribution >= 0.6 is 23.3 Å². The van der Waals surface area contributed by atoms with Crippen molar-refractivity contribution >= 4 is 29.1 Å². The molecule has 0 radical (unpaired) electrons. The van der Waals surface area contributed by atoms with Crippen molar-refractivity contribution in [2.75, 3.05) is 18.0 Å². The first-order valence-electron chi connectivity index (χ1n) is 6.23. The molecule has 0 aromatic carbocycles. The average molecular weight is 276 g/mol. The Balaban J connectivity index is 2.62. The summed E-state index contributed by atoms with van der Waals surface area (Å²) in [4.78, 5) is 2.27. The topological polar surface area (TPSA) is 29.0 Å². The molecule has 0 N–H and O–H groups in total. The van der Waals surface area contributed by atoms with Gasteiger partial charge in [0.1, 0.15) is 0 Å². The van der Waals surface area contributed by atoms with E-state index in [1.807, 2.05) is 0 Å². The van der Waals surface area contributed by atoms with Crippen LogP contribution in [0.4, 0.5) is 5.82 Å². The molecule has 3 nitrogen and oxygen atoms in total. The molecule has 0 saturated carbocycles. The minimum absolute atomic E-state index is 0.544. The molecule has 0 aliphatic carbocycles. The van der Waals surface area contributed by atoms with Crippen LogP contribution in [0.15, 0.2) is 0 Å². The number of rotatable bonds is 7. The summed E-state index contributed by atoms with van der Waals surface area (Å²) in [6.45, 7) is 11.0. The first kappa shape index (κ1) is 14.7. The van der Waals surface area contributed by atoms with Crippen molar-refractivity contribution in [2.24, 2.45) is 11.8 Å². The zero-order valence-electron chi connectivity index (χ0n) is 11.1. The Bertz CT molecular complexity index is 313. The van der Waals surface area contributed by atoms with Crippen molar-refractivity contribution in [2.45, 2.75) is 40.5 Å². The van der Waals surface area contributed by atoms with Gasteiger partial charge in [-0.25, -0.2) is 0 Å². The minimum Gasteiger partial charge on any atom is -0.353 e. The first-order valence-corrected chi connectivity index (χ1v) is 7.34. The maximum Gasteiger partial charge on any atom is 0.187 e. The predicted molar refractivity (Wildman–Crippen MR) is 76.0 cm³/mol. The van der Waals surface area contributed by atoms with Gasteiger partial charge in [-0.05, 0) is 24.7 Å². The van der Waals surface area contributed by atoms with E-state index in [0.29, 0.717) is 17.0 Å². The summed E-state index contributed by atoms with van der Waals surface area (Å²) in [6, 6.07) is 0. The van der Waals surface area contributed by atoms with Crippen molar-refractivity contribution in [3.05, 3.63) is 5.15 Å². The highest BCUT2D eigenvalue weighted by Crippen LogP contribution is 2.24. The van der Waals surface area contributed by atoms with Crippen LogP contribution in [0, 0.1) is 11.8 Å². The molecule has 0 aliphatic rings. The van der Waals surface area contributed by atoms with E-state index >= 15 is 0 Å². The number of hydrogen-bond acceptors (Lipinski definition) is 4. The molecular formula is C12H22ClN3S. The molecule has 0 spiro atoms. The SMILES string of the molecule is CC(C)CCN(CCC(C)C)c1nsnc1Cl. The molecule has 98 valence electrons. The summed E-state index contributed by atoms with van der Waals surface area (Å²) < 4.78 is 8.34. The van der Waals surface area contributed by atoms with Gasteiger partial charge in [0.25, 0.3) is 0 Å². The average Bonchev–Trinajstić information content (AvgIpc) is 2.64. The molecular weight excluding hydrogens is 254 g/mol. The second-order valence-electron chi connectivity index (χ2n) is 5.23. The third-order valence-electron chi connectivity index (χ3n) is 2.69. The molecule has 0 fully saturated rings. The molecule has 1 aromatic heterocycles. The normalized spacial score (nSPS) is 11.5. The van der Waals surface area contributed by atoms with Crippen LogP contribution in [0.1, 0.15) is 40.5 Å². The lowest BCUT2D eigenvalue weighted by molar-refractivity contribution is 0.533. The van der Waals surface area contributed by atoms with Gasteiger partial charge >= 0.3 is 0 Å². The Kier molecular flexibility index (Phi) is 6.20. The Morgan fingerprint density at radius 1 is 1.06 bits per heavy atom. The largest absolute Gasteiger partial charge is 0.353 e. The summed E-state index contributed by atoms with van der Waals surface area (Å²) in [6.07, 6.45) is 2.32. The number of hydrogen-bond donors (Lipinski definition) is 0. The van der Waals surface area contributed by atoms with Gasteiger partial charge in [-0.3, -0.25) is 0 Å². The third kappa shape index (κ3) is 5.21. The standard InChI is InChI=1S/C12H22ClN3S/c1-9(2)5-7-16(8-6-10(3)4)12-11(13)14-17-15-12/h9-10H,5-8H2,1-4H3. The van der Waals surface area contributed by atoms with E-state index in [-0.39, 0.29) is 0 Å². The van der Waals surface area contributed by atoms with Gasteiger partial charge in [0.05, 0.1) is 11.7 Å². The molecule has 1 aromatic rings. The highest BCUT2D eigenvalue weighted by molar-refractivity contribution is 6.99. The minimum atomic E-state index is 0.544. The monoisotopic (exact) mass is 275 g/mol. The second kappa shape index (κ2) is 7.17. The first-order chi connectivity index (χ1) is 8.00. The van der Waals surface area contributed by atoms with E-state index in [2.05, 4.69) is 41.3 Å². The number of anilines is 1. The van der Waals surface area contributed by atoms with E-state index in [1.54, 1.807) is 0 Å². The van der Waals surface area contributed by atoms with Gasteiger partial charge in [0.2, 0.25) is 0 Å². The van der Waals surface area contributed by atoms with Crippen molar-refractivity contribution in [3.8, 4) is 0 Å². The van der Waals surface area contributed by atoms with Gasteiger partial charge in [0, 0.05) is 13.1 Å². The lowest BCUT2D eigenvalue weighted by atomic mass is 10.1. The van der Waals surface area contributed by atoms with Gasteiger partial charge in [-0.2, -0.15) is 8.75 Å². The predicted octanol–water partition coefficient (Wildman–Crippen LogP) is 4.09. The molecule has 17 heavy (non-hydrogen) atoms. The number of aromatic nitrogens is 2. The number of nitrogens with zero attached hydrogens (tertiary/aromatic N) is 3. The molecule has 0 amide bonds. The summed E-state index contributed by atoms with van der Waals surface area (Å²) in [5.41, 5.74) is 0. The van der Waals surface area contributed by atoms with Crippen LogP contribution < -0.4 is 4.90 Å². The zero-order chi connectivity index (χ0) is 12.8. The maximum absolute atomic E-state index is 6.06. The summed E-state index contributed by atoms with van der Waals surface area (Å²) >= 11 is 7.25. The van der Waals surface area contributed by atoms with E-state index < -0.39 is 0 Å². The van der Waals surface area contributed by atoms with Gasteiger partial charge in [0.15, 0.2) is 11.0 Å². The van der Waals surface area contributed by atoms with Crippen LogP contribution in [0.3, 0.4) is 0 Å². The van der Waals surface area contributed by atoms with Crippen molar-refractivity contribution in [1.82, 2.24) is 8.75 Å². The smallest absolute Gasteiger partial charge is 0.187 e. The molecule has 0 aliphatic heterocycles. The molecule has 0 atom stereocenters. The Morgan fingerprint density at radius 3 is 1.94 bits per heavy atom. The van der Waals surface area contributed by atoms with Crippen LogP contribution in [-0.2, 0) is 0 Å². The maximum atomic E-state index is 6.06.